The van der Waals surface area contributed by atoms with Gasteiger partial charge in [0.25, 0.3) is 0 Å². The molecule has 0 bridgehead atoms. The zero-order valence-corrected chi connectivity index (χ0v) is 12.7. The van der Waals surface area contributed by atoms with Crippen LogP contribution < -0.4 is 5.32 Å². The number of fused-ring (bicyclic) bond motifs is 1. The van der Waals surface area contributed by atoms with Crippen molar-refractivity contribution in [1.29, 1.82) is 0 Å². The van der Waals surface area contributed by atoms with Gasteiger partial charge in [0, 0.05) is 6.42 Å². The van der Waals surface area contributed by atoms with Crippen LogP contribution in [-0.2, 0) is 28.9 Å². The Kier molecular flexibility index (Phi) is 5.95. The van der Waals surface area contributed by atoms with Crippen LogP contribution in [-0.4, -0.2) is 34.7 Å². The van der Waals surface area contributed by atoms with Crippen molar-refractivity contribution >= 4 is 11.9 Å². The highest BCUT2D eigenvalue weighted by atomic mass is 16.4. The van der Waals surface area contributed by atoms with Gasteiger partial charge in [-0.15, -0.1) is 0 Å². The number of amides is 1. The van der Waals surface area contributed by atoms with E-state index in [0.717, 1.165) is 19.3 Å². The summed E-state index contributed by atoms with van der Waals surface area (Å²) in [5.74, 6) is -1.55. The Morgan fingerprint density at radius 2 is 1.91 bits per heavy atom. The summed E-state index contributed by atoms with van der Waals surface area (Å²) in [6.07, 6.45) is 6.55. The second kappa shape index (κ2) is 7.94. The second-order valence-electron chi connectivity index (χ2n) is 5.80. The third-order valence-corrected chi connectivity index (χ3v) is 4.10. The first kappa shape index (κ1) is 16.5. The predicted octanol–water partition coefficient (Wildman–Crippen LogP) is 1.45. The Hall–Kier alpha value is -1.88. The molecule has 5 nitrogen and oxygen atoms in total. The molecule has 1 amide bonds. The van der Waals surface area contributed by atoms with Crippen molar-refractivity contribution < 1.29 is 19.8 Å². The van der Waals surface area contributed by atoms with E-state index in [1.165, 1.54) is 29.5 Å². The smallest absolute Gasteiger partial charge is 0.328 e. The van der Waals surface area contributed by atoms with Crippen molar-refractivity contribution in [3.63, 3.8) is 0 Å². The highest BCUT2D eigenvalue weighted by Gasteiger charge is 2.18. The van der Waals surface area contributed by atoms with Gasteiger partial charge in [-0.05, 0) is 55.2 Å². The monoisotopic (exact) mass is 305 g/mol. The number of aliphatic carboxylic acids is 1. The third kappa shape index (κ3) is 4.56. The number of hydrogen-bond donors (Lipinski definition) is 3. The highest BCUT2D eigenvalue weighted by molar-refractivity contribution is 5.83. The molecule has 0 fully saturated rings. The summed E-state index contributed by atoms with van der Waals surface area (Å²) < 4.78 is 0. The van der Waals surface area contributed by atoms with Crippen molar-refractivity contribution in [3.8, 4) is 0 Å². The molecule has 1 aliphatic carbocycles. The molecule has 22 heavy (non-hydrogen) atoms. The molecule has 2 rings (SSSR count). The molecule has 3 N–H and O–H groups in total. The Morgan fingerprint density at radius 1 is 1.18 bits per heavy atom. The Bertz CT molecular complexity index is 541. The average molecular weight is 305 g/mol. The van der Waals surface area contributed by atoms with E-state index in [2.05, 4.69) is 23.5 Å². The standard InChI is InChI=1S/C17H23NO4/c19-11-15(17(21)22)18-16(20)7-3-4-12-8-9-13-5-1-2-6-14(13)10-12/h8-10,15,19H,1-7,11H2,(H,18,20)(H,21,22). The fourth-order valence-corrected chi connectivity index (χ4v) is 2.85. The molecular weight excluding hydrogens is 282 g/mol. The van der Waals surface area contributed by atoms with E-state index in [4.69, 9.17) is 10.2 Å². The topological polar surface area (TPSA) is 86.6 Å². The maximum absolute atomic E-state index is 11.7. The maximum Gasteiger partial charge on any atom is 0.328 e. The molecule has 1 aromatic rings. The lowest BCUT2D eigenvalue weighted by Gasteiger charge is -2.16. The zero-order chi connectivity index (χ0) is 15.9. The summed E-state index contributed by atoms with van der Waals surface area (Å²) in [5.41, 5.74) is 4.10. The molecular formula is C17H23NO4. The lowest BCUT2D eigenvalue weighted by molar-refractivity contribution is -0.142. The molecule has 1 aromatic carbocycles. The van der Waals surface area contributed by atoms with E-state index in [-0.39, 0.29) is 12.3 Å². The lowest BCUT2D eigenvalue weighted by Crippen LogP contribution is -2.43. The predicted molar refractivity (Wildman–Crippen MR) is 82.7 cm³/mol. The van der Waals surface area contributed by atoms with Gasteiger partial charge in [0.15, 0.2) is 0 Å². The van der Waals surface area contributed by atoms with Crippen LogP contribution in [0.5, 0.6) is 0 Å². The second-order valence-corrected chi connectivity index (χ2v) is 5.80. The number of rotatable bonds is 7. The summed E-state index contributed by atoms with van der Waals surface area (Å²) in [5, 5.41) is 19.9. The number of aliphatic hydroxyl groups excluding tert-OH is 1. The van der Waals surface area contributed by atoms with Crippen molar-refractivity contribution in [2.75, 3.05) is 6.61 Å². The molecule has 1 atom stereocenters. The Morgan fingerprint density at radius 3 is 2.59 bits per heavy atom. The summed E-state index contributed by atoms with van der Waals surface area (Å²) in [6.45, 7) is -0.591. The van der Waals surface area contributed by atoms with Crippen LogP contribution in [0.1, 0.15) is 42.4 Å². The van der Waals surface area contributed by atoms with Crippen LogP contribution in [0.25, 0.3) is 0 Å². The first-order valence-corrected chi connectivity index (χ1v) is 7.84. The molecule has 0 radical (unpaired) electrons. The van der Waals surface area contributed by atoms with Crippen LogP contribution in [0.2, 0.25) is 0 Å². The van der Waals surface area contributed by atoms with Crippen LogP contribution in [0.15, 0.2) is 18.2 Å². The Balaban J connectivity index is 1.78. The number of carbonyl (C=O) groups is 2. The maximum atomic E-state index is 11.7. The minimum Gasteiger partial charge on any atom is -0.480 e. The largest absolute Gasteiger partial charge is 0.480 e. The number of aliphatic hydroxyl groups is 1. The van der Waals surface area contributed by atoms with Crippen LogP contribution in [0.3, 0.4) is 0 Å². The Labute approximate surface area is 130 Å². The van der Waals surface area contributed by atoms with Gasteiger partial charge in [0.2, 0.25) is 5.91 Å². The van der Waals surface area contributed by atoms with E-state index in [9.17, 15) is 9.59 Å². The van der Waals surface area contributed by atoms with E-state index in [0.29, 0.717) is 6.42 Å². The van der Waals surface area contributed by atoms with E-state index in [1.54, 1.807) is 0 Å². The van der Waals surface area contributed by atoms with Gasteiger partial charge < -0.3 is 15.5 Å². The fraction of sp³-hybridized carbons (Fsp3) is 0.529. The van der Waals surface area contributed by atoms with Crippen molar-refractivity contribution in [3.05, 3.63) is 34.9 Å². The van der Waals surface area contributed by atoms with Gasteiger partial charge in [-0.1, -0.05) is 18.2 Å². The SMILES string of the molecule is O=C(CCCc1ccc2c(c1)CCCC2)NC(CO)C(=O)O. The number of benzene rings is 1. The molecule has 0 spiro atoms. The van der Waals surface area contributed by atoms with Crippen molar-refractivity contribution in [1.82, 2.24) is 5.32 Å². The lowest BCUT2D eigenvalue weighted by atomic mass is 9.89. The van der Waals surface area contributed by atoms with Crippen LogP contribution in [0.4, 0.5) is 0 Å². The minimum atomic E-state index is -1.22. The number of hydrogen-bond acceptors (Lipinski definition) is 3. The summed E-state index contributed by atoms with van der Waals surface area (Å²) >= 11 is 0. The van der Waals surface area contributed by atoms with Gasteiger partial charge in [-0.25, -0.2) is 4.79 Å². The van der Waals surface area contributed by atoms with Gasteiger partial charge in [-0.2, -0.15) is 0 Å². The molecule has 0 saturated heterocycles. The number of carboxylic acid groups (broad SMARTS) is 1. The molecule has 1 unspecified atom stereocenters. The average Bonchev–Trinajstić information content (AvgIpc) is 2.52. The van der Waals surface area contributed by atoms with Gasteiger partial charge in [0.1, 0.15) is 6.04 Å². The van der Waals surface area contributed by atoms with Crippen LogP contribution >= 0.6 is 0 Å². The summed E-state index contributed by atoms with van der Waals surface area (Å²) in [6, 6.07) is 5.34. The number of carbonyl (C=O) groups excluding carboxylic acids is 1. The molecule has 1 aliphatic rings. The van der Waals surface area contributed by atoms with E-state index in [1.807, 2.05) is 0 Å². The van der Waals surface area contributed by atoms with E-state index >= 15 is 0 Å². The number of nitrogens with one attached hydrogen (secondary N) is 1. The first-order valence-electron chi connectivity index (χ1n) is 7.84. The summed E-state index contributed by atoms with van der Waals surface area (Å²) in [7, 11) is 0. The molecule has 0 aliphatic heterocycles. The summed E-state index contributed by atoms with van der Waals surface area (Å²) in [4.78, 5) is 22.4. The third-order valence-electron chi connectivity index (χ3n) is 4.10. The van der Waals surface area contributed by atoms with Crippen molar-refractivity contribution in [2.45, 2.75) is 51.0 Å². The normalized spacial score (nSPS) is 15.0. The molecule has 0 heterocycles. The molecule has 0 saturated carbocycles. The number of aryl methyl sites for hydroxylation is 3. The molecule has 5 heteroatoms. The fourth-order valence-electron chi connectivity index (χ4n) is 2.85. The van der Waals surface area contributed by atoms with Gasteiger partial charge in [0.05, 0.1) is 6.61 Å². The first-order chi connectivity index (χ1) is 10.6. The zero-order valence-electron chi connectivity index (χ0n) is 12.7. The van der Waals surface area contributed by atoms with Crippen LogP contribution in [0, 0.1) is 0 Å². The van der Waals surface area contributed by atoms with Gasteiger partial charge in [-0.3, -0.25) is 4.79 Å². The quantitative estimate of drug-likeness (QED) is 0.711. The minimum absolute atomic E-state index is 0.265. The highest BCUT2D eigenvalue weighted by Crippen LogP contribution is 2.22. The number of carboxylic acids is 1. The molecule has 0 aromatic heterocycles. The molecule has 120 valence electrons. The van der Waals surface area contributed by atoms with E-state index < -0.39 is 18.6 Å². The van der Waals surface area contributed by atoms with Gasteiger partial charge >= 0.3 is 5.97 Å². The van der Waals surface area contributed by atoms with Crippen molar-refractivity contribution in [2.24, 2.45) is 0 Å².